The van der Waals surface area contributed by atoms with Crippen LogP contribution in [0.5, 0.6) is 0 Å². The number of terminal acetylenes is 1. The third kappa shape index (κ3) is 4.46. The minimum Gasteiger partial charge on any atom is -0.304 e. The highest BCUT2D eigenvalue weighted by atomic mass is 35.5. The highest BCUT2D eigenvalue weighted by Gasteiger charge is 2.21. The molecule has 2 aromatic carbocycles. The van der Waals surface area contributed by atoms with Gasteiger partial charge in [0.1, 0.15) is 0 Å². The molecule has 6 nitrogen and oxygen atoms in total. The zero-order chi connectivity index (χ0) is 22.8. The Morgan fingerprint density at radius 3 is 2.42 bits per heavy atom. The van der Waals surface area contributed by atoms with E-state index in [9.17, 15) is 13.2 Å². The highest BCUT2D eigenvalue weighted by Crippen LogP contribution is 2.27. The van der Waals surface area contributed by atoms with Crippen LogP contribution in [0.15, 0.2) is 46.3 Å². The predicted molar refractivity (Wildman–Crippen MR) is 125 cm³/mol. The predicted octanol–water partition coefficient (Wildman–Crippen LogP) is 4.07. The molecular weight excluding hydrogens is 454 g/mol. The van der Waals surface area contributed by atoms with Crippen LogP contribution in [0.4, 0.5) is 0 Å². The number of benzene rings is 2. The number of amides is 1. The summed E-state index contributed by atoms with van der Waals surface area (Å²) in [7, 11) is -3.59. The van der Waals surface area contributed by atoms with Crippen LogP contribution < -0.4 is 4.80 Å². The van der Waals surface area contributed by atoms with Crippen LogP contribution in [-0.4, -0.2) is 36.3 Å². The molecule has 0 radical (unpaired) electrons. The minimum absolute atomic E-state index is 0.141. The first kappa shape index (κ1) is 23.2. The fourth-order valence-electron chi connectivity index (χ4n) is 3.27. The van der Waals surface area contributed by atoms with Gasteiger partial charge in [-0.05, 0) is 48.9 Å². The second-order valence-corrected chi connectivity index (χ2v) is 10.1. The quantitative estimate of drug-likeness (QED) is 0.504. The fraction of sp³-hybridized carbons (Fsp3) is 0.273. The van der Waals surface area contributed by atoms with Crippen molar-refractivity contribution in [1.29, 1.82) is 0 Å². The van der Waals surface area contributed by atoms with Gasteiger partial charge in [-0.1, -0.05) is 42.7 Å². The third-order valence-corrected chi connectivity index (χ3v) is 8.44. The summed E-state index contributed by atoms with van der Waals surface area (Å²) < 4.78 is 29.3. The van der Waals surface area contributed by atoms with Gasteiger partial charge >= 0.3 is 0 Å². The van der Waals surface area contributed by atoms with E-state index in [1.165, 1.54) is 39.9 Å². The average molecular weight is 476 g/mol. The molecular formula is C22H22ClN3O3S2. The van der Waals surface area contributed by atoms with Crippen LogP contribution in [0, 0.1) is 19.3 Å². The third-order valence-electron chi connectivity index (χ3n) is 4.92. The zero-order valence-electron chi connectivity index (χ0n) is 17.4. The van der Waals surface area contributed by atoms with Crippen molar-refractivity contribution in [3.05, 3.63) is 57.3 Å². The van der Waals surface area contributed by atoms with E-state index in [-0.39, 0.29) is 17.0 Å². The van der Waals surface area contributed by atoms with Gasteiger partial charge in [0.15, 0.2) is 4.80 Å². The topological polar surface area (TPSA) is 71.7 Å². The van der Waals surface area contributed by atoms with E-state index in [1.807, 2.05) is 13.0 Å². The SMILES string of the molecule is C#CCn1c(=NC(=O)c2ccc(S(=O)(=O)N(CC)CC)cc2)sc2ccc(Cl)c(C)c21. The summed E-state index contributed by atoms with van der Waals surface area (Å²) in [5.74, 6) is 2.11. The molecule has 1 aromatic heterocycles. The van der Waals surface area contributed by atoms with Gasteiger partial charge in [0.25, 0.3) is 5.91 Å². The number of thiazole rings is 1. The summed E-state index contributed by atoms with van der Waals surface area (Å²) in [6.45, 7) is 6.45. The summed E-state index contributed by atoms with van der Waals surface area (Å²) >= 11 is 7.60. The molecule has 0 saturated carbocycles. The van der Waals surface area contributed by atoms with Gasteiger partial charge in [-0.3, -0.25) is 4.79 Å². The number of carbonyl (C=O) groups excluding carboxylic acids is 1. The summed E-state index contributed by atoms with van der Waals surface area (Å²) in [5.41, 5.74) is 2.01. The number of hydrogen-bond donors (Lipinski definition) is 0. The molecule has 0 fully saturated rings. The van der Waals surface area contributed by atoms with E-state index >= 15 is 0 Å². The van der Waals surface area contributed by atoms with Gasteiger partial charge in [0, 0.05) is 23.7 Å². The van der Waals surface area contributed by atoms with Crippen LogP contribution in [0.25, 0.3) is 10.2 Å². The van der Waals surface area contributed by atoms with Crippen molar-refractivity contribution >= 4 is 49.1 Å². The molecule has 3 rings (SSSR count). The van der Waals surface area contributed by atoms with Gasteiger partial charge in [0.05, 0.1) is 21.7 Å². The number of nitrogens with zero attached hydrogens (tertiary/aromatic N) is 3. The normalized spacial score (nSPS) is 12.5. The largest absolute Gasteiger partial charge is 0.304 e. The smallest absolute Gasteiger partial charge is 0.279 e. The number of rotatable bonds is 6. The maximum Gasteiger partial charge on any atom is 0.279 e. The van der Waals surface area contributed by atoms with Crippen LogP contribution >= 0.6 is 22.9 Å². The summed E-state index contributed by atoms with van der Waals surface area (Å²) in [6, 6.07) is 9.49. The van der Waals surface area contributed by atoms with Gasteiger partial charge < -0.3 is 4.57 Å². The number of aryl methyl sites for hydroxylation is 1. The lowest BCUT2D eigenvalue weighted by Crippen LogP contribution is -2.30. The standard InChI is InChI=1S/C22H22ClN3O3S2/c1-5-14-26-20-15(4)18(23)12-13-19(20)30-22(26)24-21(27)16-8-10-17(11-9-16)31(28,29)25(6-2)7-3/h1,8-13H,6-7,14H2,2-4H3. The van der Waals surface area contributed by atoms with Crippen molar-refractivity contribution in [3.8, 4) is 12.3 Å². The van der Waals surface area contributed by atoms with Crippen LogP contribution in [-0.2, 0) is 16.6 Å². The maximum absolute atomic E-state index is 12.8. The lowest BCUT2D eigenvalue weighted by atomic mass is 10.2. The Morgan fingerprint density at radius 1 is 1.19 bits per heavy atom. The number of sulfonamides is 1. The first-order valence-electron chi connectivity index (χ1n) is 9.65. The number of aromatic nitrogens is 1. The van der Waals surface area contributed by atoms with Crippen molar-refractivity contribution in [3.63, 3.8) is 0 Å². The van der Waals surface area contributed by atoms with Gasteiger partial charge in [-0.15, -0.1) is 6.42 Å². The van der Waals surface area contributed by atoms with Gasteiger partial charge in [-0.25, -0.2) is 8.42 Å². The Morgan fingerprint density at radius 2 is 1.84 bits per heavy atom. The van der Waals surface area contributed by atoms with Gasteiger partial charge in [-0.2, -0.15) is 9.30 Å². The Balaban J connectivity index is 2.03. The van der Waals surface area contributed by atoms with Crippen molar-refractivity contribution in [2.75, 3.05) is 13.1 Å². The molecule has 1 amide bonds. The lowest BCUT2D eigenvalue weighted by Gasteiger charge is -2.18. The number of halogens is 1. The molecule has 1 heterocycles. The fourth-order valence-corrected chi connectivity index (χ4v) is 5.97. The molecule has 31 heavy (non-hydrogen) atoms. The maximum atomic E-state index is 12.8. The molecule has 0 atom stereocenters. The Kier molecular flexibility index (Phi) is 7.02. The molecule has 0 aliphatic carbocycles. The molecule has 0 saturated heterocycles. The van der Waals surface area contributed by atoms with Crippen LogP contribution in [0.2, 0.25) is 5.02 Å². The molecule has 0 aliphatic rings. The van der Waals surface area contributed by atoms with Gasteiger partial charge in [0.2, 0.25) is 10.0 Å². The highest BCUT2D eigenvalue weighted by molar-refractivity contribution is 7.89. The number of fused-ring (bicyclic) bond motifs is 1. The molecule has 0 unspecified atom stereocenters. The Labute approximate surface area is 190 Å². The van der Waals surface area contributed by atoms with Crippen molar-refractivity contribution in [1.82, 2.24) is 8.87 Å². The van der Waals surface area contributed by atoms with E-state index in [2.05, 4.69) is 10.9 Å². The van der Waals surface area contributed by atoms with Crippen molar-refractivity contribution in [2.45, 2.75) is 32.2 Å². The second-order valence-electron chi connectivity index (χ2n) is 6.72. The molecule has 162 valence electrons. The zero-order valence-corrected chi connectivity index (χ0v) is 19.8. The van der Waals surface area contributed by atoms with E-state index < -0.39 is 15.9 Å². The molecule has 0 aliphatic heterocycles. The van der Waals surface area contributed by atoms with E-state index in [0.29, 0.717) is 22.9 Å². The average Bonchev–Trinajstić information content (AvgIpc) is 3.09. The molecule has 9 heteroatoms. The van der Waals surface area contributed by atoms with Crippen LogP contribution in [0.1, 0.15) is 29.8 Å². The first-order valence-corrected chi connectivity index (χ1v) is 12.3. The molecule has 0 spiro atoms. The molecule has 0 N–H and O–H groups in total. The van der Waals surface area contributed by atoms with E-state index in [0.717, 1.165) is 15.8 Å². The summed E-state index contributed by atoms with van der Waals surface area (Å²) in [5, 5.41) is 0.610. The first-order chi connectivity index (χ1) is 14.7. The van der Waals surface area contributed by atoms with E-state index in [4.69, 9.17) is 18.0 Å². The van der Waals surface area contributed by atoms with Crippen molar-refractivity contribution < 1.29 is 13.2 Å². The minimum atomic E-state index is -3.59. The van der Waals surface area contributed by atoms with Crippen LogP contribution in [0.3, 0.4) is 0 Å². The molecule has 0 bridgehead atoms. The summed E-state index contributed by atoms with van der Waals surface area (Å²) in [6.07, 6.45) is 5.53. The number of hydrogen-bond acceptors (Lipinski definition) is 4. The number of carbonyl (C=O) groups is 1. The Bertz CT molecular complexity index is 1340. The Hall–Kier alpha value is -2.44. The van der Waals surface area contributed by atoms with E-state index in [1.54, 1.807) is 24.5 Å². The lowest BCUT2D eigenvalue weighted by molar-refractivity contribution is 0.0998. The summed E-state index contributed by atoms with van der Waals surface area (Å²) in [4.78, 5) is 17.7. The second kappa shape index (κ2) is 9.37. The monoisotopic (exact) mass is 475 g/mol. The van der Waals surface area contributed by atoms with Crippen molar-refractivity contribution in [2.24, 2.45) is 4.99 Å². The molecule has 3 aromatic rings.